The molecule has 0 aromatic carbocycles. The van der Waals surface area contributed by atoms with Gasteiger partial charge in [0.05, 0.1) is 0 Å². The van der Waals surface area contributed by atoms with Crippen molar-refractivity contribution >= 4 is 14.3 Å². The number of rotatable bonds is 1. The Hall–Kier alpha value is 0.786. The number of hydrogen-bond donors (Lipinski definition) is 0. The molecule has 0 atom stereocenters. The second kappa shape index (κ2) is 24.2. The van der Waals surface area contributed by atoms with Crippen molar-refractivity contribution in [2.24, 2.45) is 0 Å². The van der Waals surface area contributed by atoms with E-state index in [4.69, 9.17) is 17.2 Å². The van der Waals surface area contributed by atoms with Crippen LogP contribution in [0.3, 0.4) is 0 Å². The molecule has 0 bridgehead atoms. The summed E-state index contributed by atoms with van der Waals surface area (Å²) in [5.74, 6) is 4.76. The topological polar surface area (TPSA) is 71.4 Å². The molecule has 5 heteroatoms. The van der Waals surface area contributed by atoms with Crippen LogP contribution in [-0.2, 0) is 26.2 Å². The first-order valence-electron chi connectivity index (χ1n) is 4.58. The van der Waals surface area contributed by atoms with Crippen LogP contribution in [0.4, 0.5) is 0 Å². The summed E-state index contributed by atoms with van der Waals surface area (Å²) in [7, 11) is 3.75. The number of allylic oxidation sites excluding steroid dienone is 4. The summed E-state index contributed by atoms with van der Waals surface area (Å²) in [5.41, 5.74) is 17.2. The first-order valence-corrected chi connectivity index (χ1v) is 10.6. The summed E-state index contributed by atoms with van der Waals surface area (Å²) in [6.07, 6.45) is 8.85. The third-order valence-corrected chi connectivity index (χ3v) is 4.79. The number of nitrogens with one attached hydrogen (secondary N) is 3. The van der Waals surface area contributed by atoms with Crippen molar-refractivity contribution in [3.63, 3.8) is 0 Å². The van der Waals surface area contributed by atoms with E-state index in [1.807, 2.05) is 0 Å². The first kappa shape index (κ1) is 24.8. The summed E-state index contributed by atoms with van der Waals surface area (Å²) in [5, 5.41) is 0. The Morgan fingerprint density at radius 2 is 1.47 bits per heavy atom. The predicted octanol–water partition coefficient (Wildman–Crippen LogP) is 3.70. The Morgan fingerprint density at radius 3 is 1.60 bits per heavy atom. The minimum absolute atomic E-state index is 0. The molecule has 0 unspecified atom stereocenters. The van der Waals surface area contributed by atoms with E-state index in [9.17, 15) is 0 Å². The van der Waals surface area contributed by atoms with Crippen LogP contribution in [0.25, 0.3) is 17.2 Å². The van der Waals surface area contributed by atoms with Gasteiger partial charge in [0.25, 0.3) is 0 Å². The van der Waals surface area contributed by atoms with Crippen molar-refractivity contribution in [1.82, 2.24) is 0 Å². The summed E-state index contributed by atoms with van der Waals surface area (Å²) < 4.78 is 1.55. The van der Waals surface area contributed by atoms with Crippen LogP contribution >= 0.6 is 0 Å². The van der Waals surface area contributed by atoms with Crippen LogP contribution in [0.1, 0.15) is 6.42 Å². The molecule has 1 aliphatic rings. The Morgan fingerprint density at radius 1 is 1.07 bits per heavy atom. The van der Waals surface area contributed by atoms with Gasteiger partial charge in [-0.3, -0.25) is 0 Å². The van der Waals surface area contributed by atoms with E-state index in [2.05, 4.69) is 29.7 Å². The zero-order chi connectivity index (χ0) is 12.0. The molecule has 0 saturated heterocycles. The Kier molecular flexibility index (Phi) is 40.0. The zero-order valence-electron chi connectivity index (χ0n) is 10.4. The molecule has 0 aliphatic heterocycles. The summed E-state index contributed by atoms with van der Waals surface area (Å²) in [4.78, 5) is 0. The Labute approximate surface area is 119 Å². The first-order chi connectivity index (χ1) is 6.80. The van der Waals surface area contributed by atoms with Gasteiger partial charge in [0, 0.05) is 0 Å². The fraction of sp³-hybridized carbons (Fsp3) is 0.600. The Bertz CT molecular complexity index is 148. The molecule has 0 aromatic rings. The van der Waals surface area contributed by atoms with E-state index in [-0.39, 0.29) is 26.2 Å². The van der Waals surface area contributed by atoms with Crippen molar-refractivity contribution in [2.45, 2.75) is 17.9 Å². The molecule has 0 fully saturated rings. The molecule has 0 heterocycles. The van der Waals surface area contributed by atoms with Crippen molar-refractivity contribution in [2.75, 3.05) is 21.1 Å². The molecule has 86 valence electrons. The number of hydrogen-bond acceptors (Lipinski definition) is 0. The van der Waals surface area contributed by atoms with Crippen LogP contribution in [-0.4, -0.2) is 35.5 Å². The normalized spacial score (nSPS) is 10.6. The zero-order valence-corrected chi connectivity index (χ0v) is 15.3. The second-order valence-corrected chi connectivity index (χ2v) is 8.54. The van der Waals surface area contributed by atoms with Gasteiger partial charge in [0.2, 0.25) is 0 Å². The van der Waals surface area contributed by atoms with Crippen molar-refractivity contribution in [3.8, 4) is 0 Å². The van der Waals surface area contributed by atoms with Crippen LogP contribution in [0, 0.1) is 6.08 Å². The molecule has 0 amide bonds. The molecule has 0 radical (unpaired) electrons. The van der Waals surface area contributed by atoms with Gasteiger partial charge in [-0.05, 0) is 0 Å². The quantitative estimate of drug-likeness (QED) is 0.512. The predicted molar refractivity (Wildman–Crippen MR) is 70.1 cm³/mol. The SMILES string of the molecule is C[NH-].C[NH-].C[NH-].[CH3][GeH]([CH3])[C]1=[C-]CC=C1.[Zr+4]. The molecule has 3 N–H and O–H groups in total. The smallest absolute Gasteiger partial charge is 4.00 e. The fourth-order valence-electron chi connectivity index (χ4n) is 0.818. The van der Waals surface area contributed by atoms with Gasteiger partial charge in [-0.2, -0.15) is 21.1 Å². The van der Waals surface area contributed by atoms with Gasteiger partial charge in [-0.15, -0.1) is 0 Å². The minimum atomic E-state index is -0.912. The van der Waals surface area contributed by atoms with Gasteiger partial charge in [0.1, 0.15) is 0 Å². The van der Waals surface area contributed by atoms with Crippen LogP contribution in [0.2, 0.25) is 11.5 Å². The molecule has 0 aromatic heterocycles. The maximum atomic E-state index is 5.75. The molecular weight excluding hydrogens is 326 g/mol. The fourth-order valence-corrected chi connectivity index (χ4v) is 3.02. The molecule has 1 aliphatic carbocycles. The van der Waals surface area contributed by atoms with Crippen LogP contribution < -0.4 is 0 Å². The largest absolute Gasteiger partial charge is 4.00 e. The molecule has 15 heavy (non-hydrogen) atoms. The summed E-state index contributed by atoms with van der Waals surface area (Å²) in [6, 6.07) is 0. The molecule has 0 spiro atoms. The minimum Gasteiger partial charge on any atom is 4.00 e. The molecular formula is C10H23GeN3Zr. The van der Waals surface area contributed by atoms with Crippen LogP contribution in [0.5, 0.6) is 0 Å². The average Bonchev–Trinajstić information content (AvgIpc) is 2.80. The van der Waals surface area contributed by atoms with E-state index in [1.54, 1.807) is 4.41 Å². The van der Waals surface area contributed by atoms with Gasteiger partial charge in [-0.1, -0.05) is 0 Å². The maximum absolute atomic E-state index is 5.75. The average molecular weight is 349 g/mol. The van der Waals surface area contributed by atoms with Gasteiger partial charge < -0.3 is 17.2 Å². The monoisotopic (exact) mass is 349 g/mol. The van der Waals surface area contributed by atoms with Crippen molar-refractivity contribution in [3.05, 3.63) is 39.8 Å². The van der Waals surface area contributed by atoms with Crippen molar-refractivity contribution in [1.29, 1.82) is 0 Å². The molecule has 0 saturated carbocycles. The van der Waals surface area contributed by atoms with E-state index in [0.717, 1.165) is 6.42 Å². The van der Waals surface area contributed by atoms with E-state index in [0.29, 0.717) is 0 Å². The van der Waals surface area contributed by atoms with E-state index >= 15 is 0 Å². The van der Waals surface area contributed by atoms with Gasteiger partial charge in [-0.25, -0.2) is 0 Å². The third-order valence-electron chi connectivity index (χ3n) is 1.34. The van der Waals surface area contributed by atoms with E-state index in [1.165, 1.54) is 21.1 Å². The summed E-state index contributed by atoms with van der Waals surface area (Å²) >= 11 is -0.912. The standard InChI is InChI=1S/C7H11Ge.3CH4N.Zr/c1-8(2)7-5-3-4-6-7;3*1-2;/h3,5,8H,4H2,1-2H3;3*2H,1H3;/q4*-1;+4. The third kappa shape index (κ3) is 17.4. The van der Waals surface area contributed by atoms with Gasteiger partial charge >= 0.3 is 81.1 Å². The summed E-state index contributed by atoms with van der Waals surface area (Å²) in [6.45, 7) is 0. The molecule has 3 nitrogen and oxygen atoms in total. The Balaban J connectivity index is -0.0000000755. The molecule has 1 rings (SSSR count). The van der Waals surface area contributed by atoms with E-state index < -0.39 is 14.3 Å². The second-order valence-electron chi connectivity index (χ2n) is 2.39. The maximum Gasteiger partial charge on any atom is 4.00 e. The van der Waals surface area contributed by atoms with Crippen LogP contribution in [0.15, 0.2) is 16.6 Å². The van der Waals surface area contributed by atoms with Crippen molar-refractivity contribution < 1.29 is 26.2 Å². The van der Waals surface area contributed by atoms with Gasteiger partial charge in [0.15, 0.2) is 0 Å².